The van der Waals surface area contributed by atoms with E-state index < -0.39 is 5.82 Å². The minimum Gasteiger partial charge on any atom is -0.457 e. The minimum absolute atomic E-state index is 0.273. The highest BCUT2D eigenvalue weighted by Crippen LogP contribution is 2.39. The van der Waals surface area contributed by atoms with Gasteiger partial charge in [0, 0.05) is 16.1 Å². The highest BCUT2D eigenvalue weighted by Gasteiger charge is 2.27. The number of rotatable bonds is 6. The molecule has 0 aliphatic heterocycles. The van der Waals surface area contributed by atoms with Gasteiger partial charge in [-0.25, -0.2) is 4.39 Å². The van der Waals surface area contributed by atoms with E-state index in [1.807, 2.05) is 30.3 Å². The van der Waals surface area contributed by atoms with Gasteiger partial charge in [0.05, 0.1) is 5.56 Å². The van der Waals surface area contributed by atoms with Crippen molar-refractivity contribution in [2.24, 2.45) is 0 Å². The van der Waals surface area contributed by atoms with E-state index in [4.69, 9.17) is 4.74 Å². The number of carbonyl (C=O) groups excluding carboxylic acids is 2. The third-order valence-electron chi connectivity index (χ3n) is 5.57. The largest absolute Gasteiger partial charge is 0.457 e. The summed E-state index contributed by atoms with van der Waals surface area (Å²) in [7, 11) is 0. The molecule has 0 bridgehead atoms. The molecule has 0 spiro atoms. The number of halogens is 1. The van der Waals surface area contributed by atoms with E-state index in [0.29, 0.717) is 27.6 Å². The maximum atomic E-state index is 13.3. The fourth-order valence-corrected chi connectivity index (χ4v) is 5.22. The summed E-state index contributed by atoms with van der Waals surface area (Å²) in [6.07, 6.45) is 2.67. The molecule has 0 atom stereocenters. The second kappa shape index (κ2) is 9.49. The van der Waals surface area contributed by atoms with Gasteiger partial charge in [-0.3, -0.25) is 9.59 Å². The number of thiophene rings is 1. The van der Waals surface area contributed by atoms with Crippen molar-refractivity contribution in [2.45, 2.75) is 19.3 Å². The Hall–Kier alpha value is -3.97. The molecule has 1 aliphatic rings. The SMILES string of the molecule is O=C(Nc1sc2c(c1C(=O)Nc1ccc(Oc3ccccc3)cc1)CCC2)c1ccc(F)cc1. The van der Waals surface area contributed by atoms with Crippen molar-refractivity contribution in [3.63, 3.8) is 0 Å². The van der Waals surface area contributed by atoms with Crippen molar-refractivity contribution >= 4 is 33.8 Å². The zero-order valence-corrected chi connectivity index (χ0v) is 19.0. The van der Waals surface area contributed by atoms with E-state index in [1.54, 1.807) is 24.3 Å². The van der Waals surface area contributed by atoms with E-state index >= 15 is 0 Å². The topological polar surface area (TPSA) is 67.4 Å². The number of carbonyl (C=O) groups is 2. The zero-order chi connectivity index (χ0) is 23.5. The Balaban J connectivity index is 1.33. The number of aryl methyl sites for hydroxylation is 1. The van der Waals surface area contributed by atoms with Gasteiger partial charge in [-0.15, -0.1) is 11.3 Å². The smallest absolute Gasteiger partial charge is 0.258 e. The van der Waals surface area contributed by atoms with Gasteiger partial charge >= 0.3 is 0 Å². The molecule has 2 amide bonds. The highest BCUT2D eigenvalue weighted by molar-refractivity contribution is 7.17. The summed E-state index contributed by atoms with van der Waals surface area (Å²) in [6, 6.07) is 21.9. The predicted molar refractivity (Wildman–Crippen MR) is 132 cm³/mol. The number of fused-ring (bicyclic) bond motifs is 1. The minimum atomic E-state index is -0.410. The summed E-state index contributed by atoms with van der Waals surface area (Å²) in [5.74, 6) is 0.330. The summed E-state index contributed by atoms with van der Waals surface area (Å²) in [6.45, 7) is 0. The molecule has 0 unspecified atom stereocenters. The molecule has 1 heterocycles. The molecule has 3 aromatic carbocycles. The molecule has 5 rings (SSSR count). The lowest BCUT2D eigenvalue weighted by molar-refractivity contribution is 0.102. The van der Waals surface area contributed by atoms with E-state index in [1.165, 1.54) is 35.6 Å². The Morgan fingerprint density at radius 3 is 2.24 bits per heavy atom. The fraction of sp³-hybridized carbons (Fsp3) is 0.111. The van der Waals surface area contributed by atoms with Gasteiger partial charge in [0.15, 0.2) is 0 Å². The molecule has 7 heteroatoms. The molecule has 0 fully saturated rings. The van der Waals surface area contributed by atoms with Crippen LogP contribution < -0.4 is 15.4 Å². The van der Waals surface area contributed by atoms with Crippen LogP contribution in [0.4, 0.5) is 15.1 Å². The van der Waals surface area contributed by atoms with Crippen LogP contribution in [-0.2, 0) is 12.8 Å². The van der Waals surface area contributed by atoms with Crippen molar-refractivity contribution in [3.8, 4) is 11.5 Å². The van der Waals surface area contributed by atoms with E-state index in [9.17, 15) is 14.0 Å². The Morgan fingerprint density at radius 2 is 1.50 bits per heavy atom. The maximum absolute atomic E-state index is 13.3. The van der Waals surface area contributed by atoms with Crippen molar-refractivity contribution < 1.29 is 18.7 Å². The molecule has 2 N–H and O–H groups in total. The van der Waals surface area contributed by atoms with Crippen LogP contribution in [0.3, 0.4) is 0 Å². The lowest BCUT2D eigenvalue weighted by atomic mass is 10.1. The molecule has 0 saturated heterocycles. The van der Waals surface area contributed by atoms with Crippen LogP contribution in [0.15, 0.2) is 78.9 Å². The molecule has 5 nitrogen and oxygen atoms in total. The number of hydrogen-bond acceptors (Lipinski definition) is 4. The van der Waals surface area contributed by atoms with Crippen LogP contribution in [0.2, 0.25) is 0 Å². The quantitative estimate of drug-likeness (QED) is 0.329. The summed E-state index contributed by atoms with van der Waals surface area (Å²) in [4.78, 5) is 27.1. The number of benzene rings is 3. The van der Waals surface area contributed by atoms with Gasteiger partial charge < -0.3 is 15.4 Å². The Morgan fingerprint density at radius 1 is 0.794 bits per heavy atom. The zero-order valence-electron chi connectivity index (χ0n) is 18.1. The van der Waals surface area contributed by atoms with Gasteiger partial charge in [-0.05, 0) is 85.5 Å². The average Bonchev–Trinajstić information content (AvgIpc) is 3.42. The molecule has 4 aromatic rings. The molecule has 0 saturated carbocycles. The van der Waals surface area contributed by atoms with Gasteiger partial charge in [-0.1, -0.05) is 18.2 Å². The normalized spacial score (nSPS) is 12.1. The van der Waals surface area contributed by atoms with Crippen molar-refractivity contribution in [3.05, 3.63) is 106 Å². The third-order valence-corrected chi connectivity index (χ3v) is 6.78. The second-order valence-corrected chi connectivity index (χ2v) is 9.02. The number of ether oxygens (including phenoxy) is 1. The van der Waals surface area contributed by atoms with Gasteiger partial charge in [0.1, 0.15) is 22.3 Å². The molecule has 170 valence electrons. The Bertz CT molecular complexity index is 1330. The van der Waals surface area contributed by atoms with Gasteiger partial charge in [0.2, 0.25) is 0 Å². The monoisotopic (exact) mass is 472 g/mol. The van der Waals surface area contributed by atoms with Crippen molar-refractivity contribution in [1.29, 1.82) is 0 Å². The summed E-state index contributed by atoms with van der Waals surface area (Å²) < 4.78 is 19.0. The fourth-order valence-electron chi connectivity index (χ4n) is 3.93. The lowest BCUT2D eigenvalue weighted by Crippen LogP contribution is -2.18. The first-order chi connectivity index (χ1) is 16.6. The van der Waals surface area contributed by atoms with Crippen LogP contribution in [0, 0.1) is 5.82 Å². The van der Waals surface area contributed by atoms with Crippen molar-refractivity contribution in [1.82, 2.24) is 0 Å². The van der Waals surface area contributed by atoms with Gasteiger partial charge in [0.25, 0.3) is 11.8 Å². The number of amides is 2. The maximum Gasteiger partial charge on any atom is 0.258 e. The summed E-state index contributed by atoms with van der Waals surface area (Å²) >= 11 is 1.43. The van der Waals surface area contributed by atoms with Crippen LogP contribution >= 0.6 is 11.3 Å². The first-order valence-electron chi connectivity index (χ1n) is 10.9. The van der Waals surface area contributed by atoms with Crippen LogP contribution in [0.5, 0.6) is 11.5 Å². The first-order valence-corrected chi connectivity index (χ1v) is 11.7. The summed E-state index contributed by atoms with van der Waals surface area (Å²) in [5.41, 5.74) is 2.44. The van der Waals surface area contributed by atoms with Crippen LogP contribution in [-0.4, -0.2) is 11.8 Å². The summed E-state index contributed by atoms with van der Waals surface area (Å²) in [5, 5.41) is 6.31. The second-order valence-electron chi connectivity index (χ2n) is 7.92. The molecule has 0 radical (unpaired) electrons. The molecule has 1 aromatic heterocycles. The lowest BCUT2D eigenvalue weighted by Gasteiger charge is -2.11. The van der Waals surface area contributed by atoms with Gasteiger partial charge in [-0.2, -0.15) is 0 Å². The van der Waals surface area contributed by atoms with E-state index in [-0.39, 0.29) is 11.8 Å². The molecular formula is C27H21FN2O3S. The predicted octanol–water partition coefficient (Wildman–Crippen LogP) is 6.67. The first kappa shape index (κ1) is 21.9. The highest BCUT2D eigenvalue weighted by atomic mass is 32.1. The number of hydrogen-bond donors (Lipinski definition) is 2. The van der Waals surface area contributed by atoms with Crippen LogP contribution in [0.25, 0.3) is 0 Å². The molecule has 1 aliphatic carbocycles. The van der Waals surface area contributed by atoms with E-state index in [2.05, 4.69) is 10.6 Å². The number of anilines is 2. The molecule has 34 heavy (non-hydrogen) atoms. The average molecular weight is 473 g/mol. The standard InChI is InChI=1S/C27H21FN2O3S/c28-18-11-9-17(10-12-18)25(31)30-27-24(22-7-4-8-23(22)34-27)26(32)29-19-13-15-21(16-14-19)33-20-5-2-1-3-6-20/h1-3,5-6,9-16H,4,7-8H2,(H,29,32)(H,30,31). The number of nitrogens with one attached hydrogen (secondary N) is 2. The van der Waals surface area contributed by atoms with E-state index in [0.717, 1.165) is 35.5 Å². The number of para-hydroxylation sites is 1. The Kier molecular flexibility index (Phi) is 6.10. The molecular weight excluding hydrogens is 451 g/mol. The van der Waals surface area contributed by atoms with Crippen LogP contribution in [0.1, 0.15) is 37.6 Å². The van der Waals surface area contributed by atoms with Crippen molar-refractivity contribution in [2.75, 3.05) is 10.6 Å². The Labute approximate surface area is 200 Å². The third kappa shape index (κ3) is 4.70.